The van der Waals surface area contributed by atoms with Gasteiger partial charge in [0.2, 0.25) is 0 Å². The maximum Gasteiger partial charge on any atom is 0.0431 e. The van der Waals surface area contributed by atoms with Crippen molar-refractivity contribution < 1.29 is 5.11 Å². The van der Waals surface area contributed by atoms with Gasteiger partial charge in [0.25, 0.3) is 0 Å². The van der Waals surface area contributed by atoms with E-state index in [-0.39, 0.29) is 0 Å². The molecule has 0 fully saturated rings. The molecule has 0 unspecified atom stereocenters. The van der Waals surface area contributed by atoms with E-state index in [1.54, 1.807) is 0 Å². The van der Waals surface area contributed by atoms with Crippen LogP contribution >= 0.6 is 0 Å². The van der Waals surface area contributed by atoms with Crippen LogP contribution in [-0.4, -0.2) is 11.7 Å². The molecule has 0 atom stereocenters. The first-order valence-corrected chi connectivity index (χ1v) is 7.98. The van der Waals surface area contributed by atoms with Gasteiger partial charge in [0.1, 0.15) is 0 Å². The standard InChI is InChI=1S/C18H30O/c1-2-3-4-5-6-7-8-9-10-11-12-13-14-15-16-17-18-19/h19H,2-3,8-18H2,1H3. The molecule has 0 bridgehead atoms. The number of hydrogen-bond donors (Lipinski definition) is 1. The summed E-state index contributed by atoms with van der Waals surface area (Å²) in [4.78, 5) is 0. The van der Waals surface area contributed by atoms with Crippen molar-refractivity contribution in [3.8, 4) is 23.7 Å². The van der Waals surface area contributed by atoms with E-state index in [2.05, 4.69) is 30.6 Å². The van der Waals surface area contributed by atoms with Crippen LogP contribution in [0.3, 0.4) is 0 Å². The maximum absolute atomic E-state index is 8.65. The molecule has 19 heavy (non-hydrogen) atoms. The molecule has 0 aromatic heterocycles. The largest absolute Gasteiger partial charge is 0.396 e. The van der Waals surface area contributed by atoms with E-state index in [9.17, 15) is 0 Å². The Bertz CT molecular complexity index is 284. The Morgan fingerprint density at radius 2 is 1.11 bits per heavy atom. The van der Waals surface area contributed by atoms with Crippen LogP contribution in [0.5, 0.6) is 0 Å². The lowest BCUT2D eigenvalue weighted by molar-refractivity contribution is 0.282. The second kappa shape index (κ2) is 17.1. The number of rotatable bonds is 11. The molecular weight excluding hydrogens is 232 g/mol. The molecule has 1 heteroatoms. The van der Waals surface area contributed by atoms with E-state index >= 15 is 0 Å². The molecule has 0 saturated heterocycles. The van der Waals surface area contributed by atoms with Gasteiger partial charge in [-0.3, -0.25) is 0 Å². The van der Waals surface area contributed by atoms with E-state index in [0.717, 1.165) is 25.7 Å². The summed E-state index contributed by atoms with van der Waals surface area (Å²) in [5.74, 6) is 12.0. The fraction of sp³-hybridized carbons (Fsp3) is 0.778. The summed E-state index contributed by atoms with van der Waals surface area (Å²) in [6.45, 7) is 2.48. The third-order valence-corrected chi connectivity index (χ3v) is 3.07. The summed E-state index contributed by atoms with van der Waals surface area (Å²) in [5.41, 5.74) is 0. The molecule has 0 aliphatic heterocycles. The quantitative estimate of drug-likeness (QED) is 0.423. The van der Waals surface area contributed by atoms with Crippen molar-refractivity contribution in [1.29, 1.82) is 0 Å². The van der Waals surface area contributed by atoms with Gasteiger partial charge in [0.05, 0.1) is 0 Å². The summed E-state index contributed by atoms with van der Waals surface area (Å²) in [5, 5.41) is 8.65. The normalized spacial score (nSPS) is 9.37. The molecule has 0 saturated carbocycles. The van der Waals surface area contributed by atoms with E-state index in [0.29, 0.717) is 6.61 Å². The van der Waals surface area contributed by atoms with Crippen LogP contribution in [0.15, 0.2) is 0 Å². The van der Waals surface area contributed by atoms with Crippen LogP contribution in [0.2, 0.25) is 0 Å². The summed E-state index contributed by atoms with van der Waals surface area (Å²) >= 11 is 0. The SMILES string of the molecule is CCCC#CC#CCCCCCCCCCCCO. The lowest BCUT2D eigenvalue weighted by atomic mass is 10.1. The zero-order chi connectivity index (χ0) is 14.0. The van der Waals surface area contributed by atoms with Gasteiger partial charge in [-0.05, 0) is 31.1 Å². The van der Waals surface area contributed by atoms with E-state index < -0.39 is 0 Å². The van der Waals surface area contributed by atoms with Crippen LogP contribution in [0, 0.1) is 23.7 Å². The Labute approximate surface area is 120 Å². The lowest BCUT2D eigenvalue weighted by Gasteiger charge is -2.00. The fourth-order valence-electron chi connectivity index (χ4n) is 1.90. The molecule has 0 aromatic rings. The van der Waals surface area contributed by atoms with Gasteiger partial charge < -0.3 is 5.11 Å². The van der Waals surface area contributed by atoms with Gasteiger partial charge >= 0.3 is 0 Å². The average Bonchev–Trinajstić information content (AvgIpc) is 2.43. The molecule has 0 aliphatic carbocycles. The second-order valence-electron chi connectivity index (χ2n) is 5.01. The van der Waals surface area contributed by atoms with E-state index in [1.165, 1.54) is 51.4 Å². The van der Waals surface area contributed by atoms with Gasteiger partial charge in [-0.15, -0.1) is 0 Å². The Morgan fingerprint density at radius 1 is 0.632 bits per heavy atom. The number of hydrogen-bond acceptors (Lipinski definition) is 1. The number of unbranched alkanes of at least 4 members (excludes halogenated alkanes) is 10. The predicted molar refractivity (Wildman–Crippen MR) is 83.7 cm³/mol. The molecule has 108 valence electrons. The smallest absolute Gasteiger partial charge is 0.0431 e. The number of aliphatic hydroxyl groups is 1. The fourth-order valence-corrected chi connectivity index (χ4v) is 1.90. The third kappa shape index (κ3) is 17.1. The van der Waals surface area contributed by atoms with Crippen molar-refractivity contribution in [2.75, 3.05) is 6.61 Å². The average molecular weight is 262 g/mol. The lowest BCUT2D eigenvalue weighted by Crippen LogP contribution is -1.84. The monoisotopic (exact) mass is 262 g/mol. The summed E-state index contributed by atoms with van der Waals surface area (Å²) in [7, 11) is 0. The molecule has 0 radical (unpaired) electrons. The van der Waals surface area contributed by atoms with Crippen LogP contribution < -0.4 is 0 Å². The van der Waals surface area contributed by atoms with Crippen molar-refractivity contribution in [2.24, 2.45) is 0 Å². The van der Waals surface area contributed by atoms with Crippen LogP contribution in [-0.2, 0) is 0 Å². The topological polar surface area (TPSA) is 20.2 Å². The Hall–Kier alpha value is -0.920. The highest BCUT2D eigenvalue weighted by atomic mass is 16.2. The molecule has 0 spiro atoms. The minimum absolute atomic E-state index is 0.351. The predicted octanol–water partition coefficient (Wildman–Crippen LogP) is 4.69. The van der Waals surface area contributed by atoms with Crippen molar-refractivity contribution in [1.82, 2.24) is 0 Å². The molecule has 1 nitrogen and oxygen atoms in total. The molecule has 0 aliphatic rings. The first-order valence-electron chi connectivity index (χ1n) is 7.98. The first kappa shape index (κ1) is 18.1. The second-order valence-corrected chi connectivity index (χ2v) is 5.01. The summed E-state index contributed by atoms with van der Waals surface area (Å²) in [6.07, 6.45) is 14.4. The van der Waals surface area contributed by atoms with Gasteiger partial charge in [-0.1, -0.05) is 63.7 Å². The minimum Gasteiger partial charge on any atom is -0.396 e. The minimum atomic E-state index is 0.351. The maximum atomic E-state index is 8.65. The highest BCUT2D eigenvalue weighted by Crippen LogP contribution is 2.10. The zero-order valence-electron chi connectivity index (χ0n) is 12.6. The van der Waals surface area contributed by atoms with E-state index in [1.807, 2.05) is 0 Å². The summed E-state index contributed by atoms with van der Waals surface area (Å²) < 4.78 is 0. The molecule has 0 aromatic carbocycles. The van der Waals surface area contributed by atoms with Gasteiger partial charge in [-0.2, -0.15) is 0 Å². The zero-order valence-corrected chi connectivity index (χ0v) is 12.6. The van der Waals surface area contributed by atoms with Crippen LogP contribution in [0.4, 0.5) is 0 Å². The molecule has 0 heterocycles. The molecule has 1 N–H and O–H groups in total. The molecule has 0 amide bonds. The van der Waals surface area contributed by atoms with Crippen LogP contribution in [0.1, 0.15) is 84.0 Å². The van der Waals surface area contributed by atoms with Gasteiger partial charge in [0, 0.05) is 19.4 Å². The highest BCUT2D eigenvalue weighted by molar-refractivity contribution is 5.25. The molecular formula is C18H30O. The van der Waals surface area contributed by atoms with Crippen molar-refractivity contribution in [3.05, 3.63) is 0 Å². The van der Waals surface area contributed by atoms with Gasteiger partial charge in [-0.25, -0.2) is 0 Å². The number of aliphatic hydroxyl groups excluding tert-OH is 1. The van der Waals surface area contributed by atoms with Crippen molar-refractivity contribution in [2.45, 2.75) is 84.0 Å². The van der Waals surface area contributed by atoms with Crippen molar-refractivity contribution >= 4 is 0 Å². The molecule has 0 rings (SSSR count). The van der Waals surface area contributed by atoms with Crippen LogP contribution in [0.25, 0.3) is 0 Å². The first-order chi connectivity index (χ1) is 9.41. The Kier molecular flexibility index (Phi) is 16.3. The Balaban J connectivity index is 3.13. The van der Waals surface area contributed by atoms with Gasteiger partial charge in [0.15, 0.2) is 0 Å². The Morgan fingerprint density at radius 3 is 1.63 bits per heavy atom. The third-order valence-electron chi connectivity index (χ3n) is 3.07. The van der Waals surface area contributed by atoms with E-state index in [4.69, 9.17) is 5.11 Å². The highest BCUT2D eigenvalue weighted by Gasteiger charge is 1.91. The van der Waals surface area contributed by atoms with Crippen molar-refractivity contribution in [3.63, 3.8) is 0 Å². The summed E-state index contributed by atoms with van der Waals surface area (Å²) in [6, 6.07) is 0.